The van der Waals surface area contributed by atoms with Gasteiger partial charge in [-0.3, -0.25) is 0 Å². The molecule has 0 amide bonds. The van der Waals surface area contributed by atoms with Gasteiger partial charge in [0, 0.05) is 0 Å². The minimum atomic E-state index is 0.627. The molecule has 1 atom stereocenters. The summed E-state index contributed by atoms with van der Waals surface area (Å²) < 4.78 is 0. The van der Waals surface area contributed by atoms with E-state index >= 15 is 0 Å². The Morgan fingerprint density at radius 3 is 1.43 bits per heavy atom. The van der Waals surface area contributed by atoms with Crippen molar-refractivity contribution in [2.75, 3.05) is 0 Å². The Morgan fingerprint density at radius 2 is 0.964 bits per heavy atom. The van der Waals surface area contributed by atoms with Crippen LogP contribution in [-0.4, -0.2) is 7.28 Å². The highest BCUT2D eigenvalue weighted by atomic mass is 14.2. The summed E-state index contributed by atoms with van der Waals surface area (Å²) in [6.45, 7) is 7.36. The fourth-order valence-electron chi connectivity index (χ4n) is 5.61. The van der Waals surface area contributed by atoms with Gasteiger partial charge >= 0.3 is 0 Å². The zero-order chi connectivity index (χ0) is 20.3. The highest BCUT2D eigenvalue weighted by Crippen LogP contribution is 2.42. The first-order valence-corrected chi connectivity index (χ1v) is 13.7. The molecule has 1 unspecified atom stereocenters. The van der Waals surface area contributed by atoms with Crippen LogP contribution in [0.4, 0.5) is 0 Å². The Balaban J connectivity index is 2.53. The van der Waals surface area contributed by atoms with Gasteiger partial charge in [-0.1, -0.05) is 173 Å². The van der Waals surface area contributed by atoms with Crippen LogP contribution in [0.3, 0.4) is 0 Å². The van der Waals surface area contributed by atoms with Crippen LogP contribution in [0.15, 0.2) is 0 Å². The van der Waals surface area contributed by atoms with E-state index in [4.69, 9.17) is 0 Å². The quantitative estimate of drug-likeness (QED) is 0.217. The molecule has 1 aliphatic carbocycles. The van der Waals surface area contributed by atoms with Gasteiger partial charge in [-0.15, -0.1) is 0 Å². The van der Waals surface area contributed by atoms with E-state index in [1.54, 1.807) is 0 Å². The van der Waals surface area contributed by atoms with Crippen LogP contribution in [0.5, 0.6) is 0 Å². The lowest BCUT2D eigenvalue weighted by atomic mass is 9.42. The molecule has 0 heterocycles. The summed E-state index contributed by atoms with van der Waals surface area (Å²) >= 11 is 0. The van der Waals surface area contributed by atoms with Crippen LogP contribution in [0.25, 0.3) is 0 Å². The minimum Gasteiger partial charge on any atom is -0.0666 e. The third-order valence-electron chi connectivity index (χ3n) is 7.52. The third kappa shape index (κ3) is 14.1. The van der Waals surface area contributed by atoms with Crippen LogP contribution in [0.1, 0.15) is 162 Å². The summed E-state index contributed by atoms with van der Waals surface area (Å²) in [4.78, 5) is 0. The van der Waals surface area contributed by atoms with Crippen molar-refractivity contribution in [2.45, 2.75) is 173 Å². The topological polar surface area (TPSA) is 0 Å². The van der Waals surface area contributed by atoms with Crippen molar-refractivity contribution >= 4 is 7.28 Å². The summed E-state index contributed by atoms with van der Waals surface area (Å²) in [7, 11) is 1.53. The van der Waals surface area contributed by atoms with Crippen molar-refractivity contribution in [1.29, 1.82) is 0 Å². The van der Waals surface area contributed by atoms with Crippen molar-refractivity contribution in [3.63, 3.8) is 0 Å². The van der Waals surface area contributed by atoms with E-state index in [0.717, 1.165) is 5.82 Å². The van der Waals surface area contributed by atoms with Crippen molar-refractivity contribution in [3.8, 4) is 0 Å². The van der Waals surface area contributed by atoms with Gasteiger partial charge in [-0.25, -0.2) is 0 Å². The van der Waals surface area contributed by atoms with E-state index in [2.05, 4.69) is 20.8 Å². The van der Waals surface area contributed by atoms with E-state index in [0.29, 0.717) is 5.31 Å². The molecule has 1 rings (SSSR count). The monoisotopic (exact) mass is 390 g/mol. The molecule has 1 saturated carbocycles. The lowest BCUT2D eigenvalue weighted by molar-refractivity contribution is 0.435. The third-order valence-corrected chi connectivity index (χ3v) is 7.52. The second-order valence-corrected chi connectivity index (χ2v) is 10.6. The predicted molar refractivity (Wildman–Crippen MR) is 132 cm³/mol. The van der Waals surface area contributed by atoms with Crippen molar-refractivity contribution < 1.29 is 0 Å². The second kappa shape index (κ2) is 17.9. The van der Waals surface area contributed by atoms with Gasteiger partial charge in [0.1, 0.15) is 7.28 Å². The average molecular weight is 391 g/mol. The van der Waals surface area contributed by atoms with Crippen molar-refractivity contribution in [3.05, 3.63) is 0 Å². The zero-order valence-electron chi connectivity index (χ0n) is 20.3. The number of hydrogen-bond acceptors (Lipinski definition) is 0. The molecule has 1 aliphatic rings. The molecule has 0 radical (unpaired) electrons. The van der Waals surface area contributed by atoms with Crippen molar-refractivity contribution in [2.24, 2.45) is 0 Å². The molecule has 0 aromatic rings. The number of unbranched alkanes of at least 4 members (excludes halogenated alkanes) is 7. The Labute approximate surface area is 180 Å². The van der Waals surface area contributed by atoms with E-state index in [1.165, 1.54) is 149 Å². The largest absolute Gasteiger partial charge is 0.131 e. The first-order chi connectivity index (χ1) is 13.7. The molecule has 0 bridgehead atoms. The number of hydrogen-bond donors (Lipinski definition) is 0. The molecular weight excluding hydrogens is 335 g/mol. The van der Waals surface area contributed by atoms with Gasteiger partial charge in [0.25, 0.3) is 0 Å². The highest BCUT2D eigenvalue weighted by Gasteiger charge is 2.28. The van der Waals surface area contributed by atoms with Crippen LogP contribution in [-0.2, 0) is 0 Å². The fourth-order valence-corrected chi connectivity index (χ4v) is 5.61. The lowest BCUT2D eigenvalue weighted by Crippen LogP contribution is -2.22. The maximum atomic E-state index is 2.68. The van der Waals surface area contributed by atoms with Gasteiger partial charge in [-0.2, -0.15) is 0 Å². The second-order valence-electron chi connectivity index (χ2n) is 10.6. The molecule has 28 heavy (non-hydrogen) atoms. The van der Waals surface area contributed by atoms with Crippen LogP contribution in [0, 0.1) is 0 Å². The molecule has 0 aromatic heterocycles. The van der Waals surface area contributed by atoms with Crippen LogP contribution < -0.4 is 0 Å². The molecule has 1 heteroatoms. The maximum absolute atomic E-state index is 2.68. The predicted octanol–water partition coefficient (Wildman–Crippen LogP) is 10.0. The van der Waals surface area contributed by atoms with Crippen LogP contribution >= 0.6 is 0 Å². The molecule has 0 aliphatic heterocycles. The first-order valence-electron chi connectivity index (χ1n) is 13.7. The normalized spacial score (nSPS) is 20.1. The summed E-state index contributed by atoms with van der Waals surface area (Å²) in [6, 6.07) is 0. The molecular formula is C27H55B. The summed E-state index contributed by atoms with van der Waals surface area (Å²) in [6.07, 6.45) is 32.5. The standard InChI is InChI=1S/C27H55B/c1-4-6-8-17-21-25-27(3,24-20-9-7-5-2)28-26-22-18-15-13-11-10-12-14-16-19-23-26/h26,28H,4-25H2,1-3H3. The highest BCUT2D eigenvalue weighted by molar-refractivity contribution is 6.41. The van der Waals surface area contributed by atoms with E-state index in [-0.39, 0.29) is 0 Å². The van der Waals surface area contributed by atoms with Gasteiger partial charge < -0.3 is 0 Å². The SMILES string of the molecule is CCCCCCCC(C)(BC1CCCCCCCCCCC1)CCCCCC. The summed E-state index contributed by atoms with van der Waals surface area (Å²) in [5.41, 5.74) is 0. The van der Waals surface area contributed by atoms with Gasteiger partial charge in [0.05, 0.1) is 0 Å². The van der Waals surface area contributed by atoms with Gasteiger partial charge in [-0.05, 0) is 0 Å². The number of rotatable bonds is 13. The van der Waals surface area contributed by atoms with E-state index in [9.17, 15) is 0 Å². The minimum absolute atomic E-state index is 0.627. The summed E-state index contributed by atoms with van der Waals surface area (Å²) in [5, 5.41) is 0.627. The Hall–Kier alpha value is 0.0649. The Kier molecular flexibility index (Phi) is 16.7. The van der Waals surface area contributed by atoms with Gasteiger partial charge in [0.15, 0.2) is 0 Å². The first kappa shape index (κ1) is 26.1. The maximum Gasteiger partial charge on any atom is 0.131 e. The molecule has 1 fully saturated rings. The van der Waals surface area contributed by atoms with Gasteiger partial charge in [0.2, 0.25) is 0 Å². The lowest BCUT2D eigenvalue weighted by Gasteiger charge is -2.33. The average Bonchev–Trinajstić information content (AvgIpc) is 2.67. The molecule has 0 saturated heterocycles. The molecule has 0 aromatic carbocycles. The molecule has 0 nitrogen and oxygen atoms in total. The van der Waals surface area contributed by atoms with Crippen molar-refractivity contribution in [1.82, 2.24) is 0 Å². The Morgan fingerprint density at radius 1 is 0.571 bits per heavy atom. The summed E-state index contributed by atoms with van der Waals surface area (Å²) in [5.74, 6) is 1.02. The molecule has 0 spiro atoms. The fraction of sp³-hybridized carbons (Fsp3) is 1.00. The molecule has 166 valence electrons. The van der Waals surface area contributed by atoms with Crippen LogP contribution in [0.2, 0.25) is 11.1 Å². The molecule has 0 N–H and O–H groups in total. The van der Waals surface area contributed by atoms with E-state index in [1.807, 2.05) is 0 Å². The zero-order valence-corrected chi connectivity index (χ0v) is 20.3. The smallest absolute Gasteiger partial charge is 0.0666 e. The Bertz CT molecular complexity index is 314. The van der Waals surface area contributed by atoms with E-state index < -0.39 is 0 Å².